The second-order valence-corrected chi connectivity index (χ2v) is 7.33. The summed E-state index contributed by atoms with van der Waals surface area (Å²) in [6.07, 6.45) is 5.38. The number of likely N-dealkylation sites (tertiary alicyclic amines) is 1. The molecule has 2 aliphatic heterocycles. The third-order valence-corrected chi connectivity index (χ3v) is 5.95. The number of likely N-dealkylation sites (N-methyl/N-ethyl adjacent to an activating group) is 1. The van der Waals surface area contributed by atoms with E-state index in [-0.39, 0.29) is 11.4 Å². The molecule has 1 atom stereocenters. The zero-order valence-corrected chi connectivity index (χ0v) is 14.3. The van der Waals surface area contributed by atoms with Gasteiger partial charge in [0, 0.05) is 32.0 Å². The number of alkyl halides is 1. The van der Waals surface area contributed by atoms with Crippen LogP contribution in [-0.4, -0.2) is 45.7 Å². The van der Waals surface area contributed by atoms with E-state index in [2.05, 4.69) is 33.5 Å². The van der Waals surface area contributed by atoms with E-state index in [4.69, 9.17) is 0 Å². The molecule has 0 unspecified atom stereocenters. The van der Waals surface area contributed by atoms with Crippen LogP contribution in [0.1, 0.15) is 31.9 Å². The molecule has 2 aromatic heterocycles. The van der Waals surface area contributed by atoms with E-state index in [1.165, 1.54) is 0 Å². The number of nitrogens with zero attached hydrogens (tertiary/aromatic N) is 4. The Hall–Kier alpha value is -2.37. The lowest BCUT2D eigenvalue weighted by Crippen LogP contribution is -2.53. The molecule has 0 bridgehead atoms. The minimum absolute atomic E-state index is 0.310. The highest BCUT2D eigenvalue weighted by molar-refractivity contribution is 5.88. The molecule has 1 saturated carbocycles. The van der Waals surface area contributed by atoms with E-state index >= 15 is 0 Å². The van der Waals surface area contributed by atoms with Crippen LogP contribution >= 0.6 is 0 Å². The molecule has 5 nitrogen and oxygen atoms in total. The van der Waals surface area contributed by atoms with Gasteiger partial charge in [-0.1, -0.05) is 0 Å². The summed E-state index contributed by atoms with van der Waals surface area (Å²) in [4.78, 5) is 21.2. The Morgan fingerprint density at radius 1 is 1.28 bits per heavy atom. The van der Waals surface area contributed by atoms with Crippen LogP contribution in [0, 0.1) is 0 Å². The molecule has 2 fully saturated rings. The van der Waals surface area contributed by atoms with Crippen molar-refractivity contribution in [3.8, 4) is 5.82 Å². The molecule has 2 aromatic rings. The average molecular weight is 340 g/mol. The first-order chi connectivity index (χ1) is 12.1. The Morgan fingerprint density at radius 2 is 2.12 bits per heavy atom. The quantitative estimate of drug-likeness (QED) is 0.844. The van der Waals surface area contributed by atoms with Gasteiger partial charge in [-0.25, -0.2) is 9.37 Å². The molecule has 25 heavy (non-hydrogen) atoms. The van der Waals surface area contributed by atoms with Gasteiger partial charge in [-0.15, -0.1) is 0 Å². The van der Waals surface area contributed by atoms with Crippen molar-refractivity contribution in [1.29, 1.82) is 0 Å². The summed E-state index contributed by atoms with van der Waals surface area (Å²) in [5.74, 6) is 0.597. The smallest absolute Gasteiger partial charge is 0.260 e. The van der Waals surface area contributed by atoms with Crippen molar-refractivity contribution >= 4 is 11.6 Å². The molecule has 3 aliphatic rings. The predicted octanol–water partition coefficient (Wildman–Crippen LogP) is 2.64. The SMILES string of the molecule is CCN1c2cccnc2-n2cccc2[C@@]12CCN(C(=O)C1(F)CC1)C2. The van der Waals surface area contributed by atoms with E-state index < -0.39 is 5.67 Å². The van der Waals surface area contributed by atoms with E-state index in [0.717, 1.165) is 30.2 Å². The van der Waals surface area contributed by atoms with Crippen molar-refractivity contribution in [2.24, 2.45) is 0 Å². The fourth-order valence-corrected chi connectivity index (χ4v) is 4.57. The largest absolute Gasteiger partial charge is 0.356 e. The van der Waals surface area contributed by atoms with Crippen LogP contribution in [0.4, 0.5) is 10.1 Å². The summed E-state index contributed by atoms with van der Waals surface area (Å²) >= 11 is 0. The lowest BCUT2D eigenvalue weighted by Gasteiger charge is -2.46. The molecule has 5 rings (SSSR count). The number of carbonyl (C=O) groups excluding carboxylic acids is 1. The summed E-state index contributed by atoms with van der Waals surface area (Å²) in [5.41, 5.74) is 0.303. The van der Waals surface area contributed by atoms with Gasteiger partial charge in [0.05, 0.1) is 16.9 Å². The van der Waals surface area contributed by atoms with Gasteiger partial charge in [0.25, 0.3) is 5.91 Å². The van der Waals surface area contributed by atoms with Crippen LogP contribution in [0.15, 0.2) is 36.7 Å². The van der Waals surface area contributed by atoms with Gasteiger partial charge in [-0.3, -0.25) is 4.79 Å². The predicted molar refractivity (Wildman–Crippen MR) is 92.5 cm³/mol. The van der Waals surface area contributed by atoms with Crippen molar-refractivity contribution in [3.63, 3.8) is 0 Å². The van der Waals surface area contributed by atoms with Gasteiger partial charge in [0.1, 0.15) is 0 Å². The topological polar surface area (TPSA) is 41.4 Å². The number of anilines is 1. The number of hydrogen-bond acceptors (Lipinski definition) is 3. The van der Waals surface area contributed by atoms with Crippen molar-refractivity contribution in [2.45, 2.75) is 37.4 Å². The Kier molecular flexibility index (Phi) is 2.89. The second-order valence-electron chi connectivity index (χ2n) is 7.33. The Morgan fingerprint density at radius 3 is 2.88 bits per heavy atom. The summed E-state index contributed by atoms with van der Waals surface area (Å²) in [5, 5.41) is 0. The maximum absolute atomic E-state index is 14.3. The Bertz CT molecular complexity index is 859. The van der Waals surface area contributed by atoms with Crippen LogP contribution in [0.2, 0.25) is 0 Å². The minimum Gasteiger partial charge on any atom is -0.356 e. The minimum atomic E-state index is -1.60. The number of fused-ring (bicyclic) bond motifs is 4. The fourth-order valence-electron chi connectivity index (χ4n) is 4.57. The number of pyridine rings is 1. The van der Waals surface area contributed by atoms with Crippen molar-refractivity contribution < 1.29 is 9.18 Å². The standard InChI is InChI=1S/C19H21FN4O/c1-2-24-14-5-3-10-21-16(14)23-11-4-6-15(23)19(24)9-12-22(13-19)17(25)18(20)7-8-18/h3-6,10-11H,2,7-9,12-13H2,1H3/t19-/m0/s1. The highest BCUT2D eigenvalue weighted by Crippen LogP contribution is 2.49. The number of aromatic nitrogens is 2. The third-order valence-electron chi connectivity index (χ3n) is 5.95. The molecule has 1 aliphatic carbocycles. The first kappa shape index (κ1) is 14.9. The van der Waals surface area contributed by atoms with Crippen LogP contribution in [0.5, 0.6) is 0 Å². The molecule has 6 heteroatoms. The van der Waals surface area contributed by atoms with E-state index in [1.54, 1.807) is 11.1 Å². The molecule has 1 saturated heterocycles. The first-order valence-electron chi connectivity index (χ1n) is 8.98. The molecule has 0 N–H and O–H groups in total. The molecule has 1 spiro atoms. The number of halogens is 1. The lowest BCUT2D eigenvalue weighted by molar-refractivity contribution is -0.137. The molecular formula is C19H21FN4O. The van der Waals surface area contributed by atoms with Crippen LogP contribution < -0.4 is 4.90 Å². The van der Waals surface area contributed by atoms with Crippen molar-refractivity contribution in [2.75, 3.05) is 24.5 Å². The zero-order chi connectivity index (χ0) is 17.2. The third kappa shape index (κ3) is 1.88. The molecule has 4 heterocycles. The summed E-state index contributed by atoms with van der Waals surface area (Å²) in [6.45, 7) is 4.07. The summed E-state index contributed by atoms with van der Waals surface area (Å²) < 4.78 is 16.5. The molecular weight excluding hydrogens is 319 g/mol. The fraction of sp³-hybridized carbons (Fsp3) is 0.474. The average Bonchev–Trinajstić information content (AvgIpc) is 3.04. The van der Waals surface area contributed by atoms with Crippen LogP contribution in [0.3, 0.4) is 0 Å². The number of hydrogen-bond donors (Lipinski definition) is 0. The van der Waals surface area contributed by atoms with Gasteiger partial charge in [-0.05, 0) is 50.5 Å². The summed E-state index contributed by atoms with van der Waals surface area (Å²) in [6, 6.07) is 8.16. The monoisotopic (exact) mass is 340 g/mol. The number of carbonyl (C=O) groups is 1. The van der Waals surface area contributed by atoms with Crippen LogP contribution in [0.25, 0.3) is 5.82 Å². The molecule has 1 amide bonds. The maximum Gasteiger partial charge on any atom is 0.260 e. The normalized spacial score (nSPS) is 25.8. The molecule has 0 radical (unpaired) electrons. The first-order valence-corrected chi connectivity index (χ1v) is 8.98. The number of rotatable bonds is 2. The van der Waals surface area contributed by atoms with Crippen molar-refractivity contribution in [1.82, 2.24) is 14.5 Å². The Labute approximate surface area is 146 Å². The highest BCUT2D eigenvalue weighted by atomic mass is 19.1. The Balaban J connectivity index is 1.61. The lowest BCUT2D eigenvalue weighted by atomic mass is 9.89. The van der Waals surface area contributed by atoms with Crippen LogP contribution in [-0.2, 0) is 10.3 Å². The number of amides is 1. The maximum atomic E-state index is 14.3. The molecule has 130 valence electrons. The van der Waals surface area contributed by atoms with Crippen molar-refractivity contribution in [3.05, 3.63) is 42.4 Å². The molecule has 0 aromatic carbocycles. The summed E-state index contributed by atoms with van der Waals surface area (Å²) in [7, 11) is 0. The highest BCUT2D eigenvalue weighted by Gasteiger charge is 2.57. The van der Waals surface area contributed by atoms with E-state index in [1.807, 2.05) is 18.3 Å². The van der Waals surface area contributed by atoms with E-state index in [9.17, 15) is 9.18 Å². The van der Waals surface area contributed by atoms with E-state index in [0.29, 0.717) is 25.9 Å². The van der Waals surface area contributed by atoms with Gasteiger partial charge in [0.2, 0.25) is 0 Å². The van der Waals surface area contributed by atoms with Gasteiger partial charge >= 0.3 is 0 Å². The van der Waals surface area contributed by atoms with Gasteiger partial charge in [0.15, 0.2) is 11.5 Å². The van der Waals surface area contributed by atoms with Gasteiger partial charge in [-0.2, -0.15) is 0 Å². The zero-order valence-electron chi connectivity index (χ0n) is 14.3. The van der Waals surface area contributed by atoms with Gasteiger partial charge < -0.3 is 14.4 Å². The second kappa shape index (κ2) is 4.84.